The number of likely N-dealkylation sites (N-methyl/N-ethyl adjacent to an activating group) is 2. The van der Waals surface area contributed by atoms with Crippen molar-refractivity contribution in [1.82, 2.24) is 20.4 Å². The monoisotopic (exact) mass is 533 g/mol. The Morgan fingerprint density at radius 1 is 1.34 bits per heavy atom. The van der Waals surface area contributed by atoms with Crippen LogP contribution < -0.4 is 10.6 Å². The van der Waals surface area contributed by atoms with E-state index in [1.807, 2.05) is 0 Å². The lowest BCUT2D eigenvalue weighted by atomic mass is 10.1. The third kappa shape index (κ3) is 8.33. The molecule has 0 bridgehead atoms. The molecule has 6 nitrogen and oxygen atoms in total. The van der Waals surface area contributed by atoms with Crippen molar-refractivity contribution in [2.24, 2.45) is 4.99 Å². The normalized spacial score (nSPS) is 17.0. The Kier molecular flexibility index (Phi) is 12.0. The lowest BCUT2D eigenvalue weighted by Gasteiger charge is -2.24. The molecule has 164 valence electrons. The Morgan fingerprint density at radius 3 is 2.76 bits per heavy atom. The summed E-state index contributed by atoms with van der Waals surface area (Å²) in [6, 6.07) is 6.99. The lowest BCUT2D eigenvalue weighted by Crippen LogP contribution is -2.47. The predicted octanol–water partition coefficient (Wildman–Crippen LogP) is 2.94. The van der Waals surface area contributed by atoms with Crippen LogP contribution in [0.15, 0.2) is 28.1 Å². The Bertz CT molecular complexity index is 683. The van der Waals surface area contributed by atoms with Crippen LogP contribution in [0.4, 0.5) is 0 Å². The van der Waals surface area contributed by atoms with Crippen LogP contribution in [0.1, 0.15) is 30.9 Å². The maximum atomic E-state index is 12.0. The van der Waals surface area contributed by atoms with Crippen LogP contribution in [-0.2, 0) is 11.3 Å². The van der Waals surface area contributed by atoms with Gasteiger partial charge < -0.3 is 15.5 Å². The SMILES string of the molecule is CCN1CCCC1CNC(=NCc1ccc(C)cc1SC)NCC(=O)N(C)C.I. The third-order valence-corrected chi connectivity index (χ3v) is 5.99. The van der Waals surface area contributed by atoms with Crippen molar-refractivity contribution in [3.8, 4) is 0 Å². The Hall–Kier alpha value is -1.00. The molecule has 1 aromatic carbocycles. The van der Waals surface area contributed by atoms with Crippen molar-refractivity contribution in [3.63, 3.8) is 0 Å². The van der Waals surface area contributed by atoms with Crippen molar-refractivity contribution in [1.29, 1.82) is 0 Å². The second-order valence-electron chi connectivity index (χ2n) is 7.43. The average molecular weight is 534 g/mol. The first-order valence-corrected chi connectivity index (χ1v) is 11.3. The van der Waals surface area contributed by atoms with E-state index in [1.54, 1.807) is 30.8 Å². The molecule has 8 heteroatoms. The summed E-state index contributed by atoms with van der Waals surface area (Å²) in [6.45, 7) is 8.24. The molecule has 0 saturated carbocycles. The fourth-order valence-electron chi connectivity index (χ4n) is 3.40. The van der Waals surface area contributed by atoms with Gasteiger partial charge in [0.25, 0.3) is 0 Å². The second kappa shape index (κ2) is 13.3. The topological polar surface area (TPSA) is 60.0 Å². The molecule has 1 unspecified atom stereocenters. The number of carbonyl (C=O) groups is 1. The van der Waals surface area contributed by atoms with Gasteiger partial charge in [-0.1, -0.05) is 19.1 Å². The molecule has 1 atom stereocenters. The number of rotatable bonds is 8. The molecular weight excluding hydrogens is 497 g/mol. The number of thioether (sulfide) groups is 1. The molecule has 1 fully saturated rings. The Balaban J connectivity index is 0.00000420. The standard InChI is InChI=1S/C21H35N5OS.HI/c1-6-26-11-7-8-18(26)14-23-21(24-15-20(27)25(3)4)22-13-17-10-9-16(2)12-19(17)28-5;/h9-10,12,18H,6-8,11,13-15H2,1-5H3,(H2,22,23,24);1H. The van der Waals surface area contributed by atoms with Crippen molar-refractivity contribution in [2.45, 2.75) is 44.2 Å². The Morgan fingerprint density at radius 2 is 2.10 bits per heavy atom. The minimum atomic E-state index is 0. The summed E-state index contributed by atoms with van der Waals surface area (Å²) < 4.78 is 0. The molecule has 1 aliphatic heterocycles. The van der Waals surface area contributed by atoms with Crippen LogP contribution in [0.3, 0.4) is 0 Å². The van der Waals surface area contributed by atoms with Gasteiger partial charge in [-0.25, -0.2) is 4.99 Å². The molecule has 1 aromatic rings. The summed E-state index contributed by atoms with van der Waals surface area (Å²) in [7, 11) is 3.53. The summed E-state index contributed by atoms with van der Waals surface area (Å²) in [6.07, 6.45) is 4.55. The number of aryl methyl sites for hydroxylation is 1. The van der Waals surface area contributed by atoms with E-state index in [4.69, 9.17) is 4.99 Å². The summed E-state index contributed by atoms with van der Waals surface area (Å²) in [5.74, 6) is 0.733. The minimum Gasteiger partial charge on any atom is -0.355 e. The van der Waals surface area contributed by atoms with E-state index in [1.165, 1.54) is 35.4 Å². The second-order valence-corrected chi connectivity index (χ2v) is 8.28. The van der Waals surface area contributed by atoms with Gasteiger partial charge >= 0.3 is 0 Å². The number of guanidine groups is 1. The number of hydrogen-bond donors (Lipinski definition) is 2. The largest absolute Gasteiger partial charge is 0.355 e. The van der Waals surface area contributed by atoms with E-state index in [-0.39, 0.29) is 36.4 Å². The zero-order valence-electron chi connectivity index (χ0n) is 18.3. The van der Waals surface area contributed by atoms with Gasteiger partial charge in [0.2, 0.25) is 5.91 Å². The number of benzene rings is 1. The highest BCUT2D eigenvalue weighted by molar-refractivity contribution is 14.0. The smallest absolute Gasteiger partial charge is 0.241 e. The van der Waals surface area contributed by atoms with E-state index < -0.39 is 0 Å². The summed E-state index contributed by atoms with van der Waals surface area (Å²) in [5, 5.41) is 6.66. The predicted molar refractivity (Wildman–Crippen MR) is 134 cm³/mol. The van der Waals surface area contributed by atoms with Crippen LogP contribution in [-0.4, -0.2) is 74.2 Å². The quantitative estimate of drug-likeness (QED) is 0.233. The molecule has 2 rings (SSSR count). The summed E-state index contributed by atoms with van der Waals surface area (Å²) in [5.41, 5.74) is 2.46. The van der Waals surface area contributed by atoms with E-state index >= 15 is 0 Å². The van der Waals surface area contributed by atoms with Gasteiger partial charge in [-0.3, -0.25) is 9.69 Å². The molecule has 29 heavy (non-hydrogen) atoms. The highest BCUT2D eigenvalue weighted by Gasteiger charge is 2.22. The first-order chi connectivity index (χ1) is 13.4. The average Bonchev–Trinajstić information content (AvgIpc) is 3.15. The fraction of sp³-hybridized carbons (Fsp3) is 0.619. The van der Waals surface area contributed by atoms with Gasteiger partial charge in [-0.2, -0.15) is 0 Å². The molecule has 0 spiro atoms. The van der Waals surface area contributed by atoms with Gasteiger partial charge in [0.15, 0.2) is 5.96 Å². The Labute approximate surface area is 197 Å². The molecule has 0 radical (unpaired) electrons. The number of hydrogen-bond acceptors (Lipinski definition) is 4. The minimum absolute atomic E-state index is 0. The zero-order chi connectivity index (χ0) is 20.5. The van der Waals surface area contributed by atoms with Gasteiger partial charge in [-0.15, -0.1) is 35.7 Å². The molecule has 1 heterocycles. The molecular formula is C21H36IN5OS. The molecule has 2 N–H and O–H groups in total. The number of nitrogens with zero attached hydrogens (tertiary/aromatic N) is 3. The number of amides is 1. The van der Waals surface area contributed by atoms with E-state index in [0.29, 0.717) is 18.5 Å². The van der Waals surface area contributed by atoms with E-state index in [0.717, 1.165) is 13.1 Å². The third-order valence-electron chi connectivity index (χ3n) is 5.17. The van der Waals surface area contributed by atoms with Gasteiger partial charge in [0, 0.05) is 31.6 Å². The molecule has 1 aliphatic rings. The van der Waals surface area contributed by atoms with Crippen molar-refractivity contribution in [2.75, 3.05) is 46.5 Å². The number of likely N-dealkylation sites (tertiary alicyclic amines) is 1. The van der Waals surface area contributed by atoms with Crippen molar-refractivity contribution >= 4 is 47.6 Å². The molecule has 0 aliphatic carbocycles. The highest BCUT2D eigenvalue weighted by Crippen LogP contribution is 2.22. The van der Waals surface area contributed by atoms with Gasteiger partial charge in [0.05, 0.1) is 13.1 Å². The van der Waals surface area contributed by atoms with Gasteiger partial charge in [-0.05, 0) is 56.3 Å². The molecule has 1 saturated heterocycles. The van der Waals surface area contributed by atoms with Crippen LogP contribution in [0.5, 0.6) is 0 Å². The van der Waals surface area contributed by atoms with Crippen LogP contribution >= 0.6 is 35.7 Å². The van der Waals surface area contributed by atoms with Crippen molar-refractivity contribution < 1.29 is 4.79 Å². The number of halogens is 1. The molecule has 0 aromatic heterocycles. The summed E-state index contributed by atoms with van der Waals surface area (Å²) >= 11 is 1.74. The number of carbonyl (C=O) groups excluding carboxylic acids is 1. The highest BCUT2D eigenvalue weighted by atomic mass is 127. The van der Waals surface area contributed by atoms with E-state index in [2.05, 4.69) is 53.8 Å². The van der Waals surface area contributed by atoms with Crippen LogP contribution in [0, 0.1) is 6.92 Å². The summed E-state index contributed by atoms with van der Waals surface area (Å²) in [4.78, 5) is 22.1. The van der Waals surface area contributed by atoms with E-state index in [9.17, 15) is 4.79 Å². The van der Waals surface area contributed by atoms with Crippen molar-refractivity contribution in [3.05, 3.63) is 29.3 Å². The molecule has 1 amide bonds. The maximum absolute atomic E-state index is 12.0. The lowest BCUT2D eigenvalue weighted by molar-refractivity contribution is -0.127. The number of nitrogens with one attached hydrogen (secondary N) is 2. The maximum Gasteiger partial charge on any atom is 0.241 e. The number of aliphatic imine (C=N–C) groups is 1. The van der Waals surface area contributed by atoms with Gasteiger partial charge in [0.1, 0.15) is 0 Å². The first kappa shape index (κ1) is 26.0. The van der Waals surface area contributed by atoms with Crippen LogP contribution in [0.25, 0.3) is 0 Å². The van der Waals surface area contributed by atoms with Crippen LogP contribution in [0.2, 0.25) is 0 Å². The first-order valence-electron chi connectivity index (χ1n) is 10.0. The zero-order valence-corrected chi connectivity index (χ0v) is 21.5. The fourth-order valence-corrected chi connectivity index (χ4v) is 4.09.